The Balaban J connectivity index is 1.92. The van der Waals surface area contributed by atoms with Crippen LogP contribution in [-0.2, 0) is 0 Å². The van der Waals surface area contributed by atoms with E-state index in [0.29, 0.717) is 0 Å². The van der Waals surface area contributed by atoms with Gasteiger partial charge < -0.3 is 0 Å². The quantitative estimate of drug-likeness (QED) is 0.543. The molecule has 0 aromatic heterocycles. The number of hydrogen-bond donors (Lipinski definition) is 0. The van der Waals surface area contributed by atoms with Crippen molar-refractivity contribution in [2.75, 3.05) is 0 Å². The highest BCUT2D eigenvalue weighted by atomic mass is 14.0. The van der Waals surface area contributed by atoms with Crippen molar-refractivity contribution in [3.05, 3.63) is 90.0 Å². The van der Waals surface area contributed by atoms with Gasteiger partial charge in [0.05, 0.1) is 0 Å². The van der Waals surface area contributed by atoms with Crippen molar-refractivity contribution < 1.29 is 0 Å². The molecular weight excluding hydrogens is 240 g/mol. The van der Waals surface area contributed by atoms with E-state index in [-0.39, 0.29) is 0 Å². The van der Waals surface area contributed by atoms with E-state index >= 15 is 0 Å². The van der Waals surface area contributed by atoms with Crippen LogP contribution in [0.5, 0.6) is 0 Å². The first kappa shape index (κ1) is 12.3. The predicted octanol–water partition coefficient (Wildman–Crippen LogP) is 4.88. The molecule has 0 fully saturated rings. The summed E-state index contributed by atoms with van der Waals surface area (Å²) in [6.07, 6.45) is 1.83. The summed E-state index contributed by atoms with van der Waals surface area (Å²) in [7, 11) is 0. The minimum Gasteiger partial charge on any atom is -0.0985 e. The molecule has 0 amide bonds. The van der Waals surface area contributed by atoms with Gasteiger partial charge in [0.1, 0.15) is 0 Å². The van der Waals surface area contributed by atoms with Crippen LogP contribution in [-0.4, -0.2) is 0 Å². The Hall–Kier alpha value is -2.78. The molecule has 0 spiro atoms. The van der Waals surface area contributed by atoms with Crippen LogP contribution in [0, 0.1) is 11.8 Å². The van der Waals surface area contributed by atoms with E-state index in [1.165, 1.54) is 10.8 Å². The maximum absolute atomic E-state index is 3.75. The second-order valence-electron chi connectivity index (χ2n) is 4.64. The van der Waals surface area contributed by atoms with Crippen molar-refractivity contribution in [3.63, 3.8) is 0 Å². The smallest absolute Gasteiger partial charge is 0.0255 e. The molecule has 0 saturated heterocycles. The van der Waals surface area contributed by atoms with E-state index in [1.54, 1.807) is 0 Å². The Kier molecular flexibility index (Phi) is 3.35. The molecule has 0 aliphatic heterocycles. The molecule has 0 N–H and O–H groups in total. The zero-order valence-corrected chi connectivity index (χ0v) is 11.1. The number of rotatable bonds is 1. The lowest BCUT2D eigenvalue weighted by Crippen LogP contribution is -1.78. The molecule has 0 heteroatoms. The van der Waals surface area contributed by atoms with Crippen molar-refractivity contribution >= 4 is 16.8 Å². The van der Waals surface area contributed by atoms with Gasteiger partial charge in [0.25, 0.3) is 0 Å². The summed E-state index contributed by atoms with van der Waals surface area (Å²) in [5.41, 5.74) is 3.17. The molecule has 0 atom stereocenters. The van der Waals surface area contributed by atoms with Crippen molar-refractivity contribution in [1.29, 1.82) is 0 Å². The van der Waals surface area contributed by atoms with Crippen molar-refractivity contribution in [2.45, 2.75) is 0 Å². The minimum atomic E-state index is 1.02. The summed E-state index contributed by atoms with van der Waals surface area (Å²) in [4.78, 5) is 0. The second-order valence-corrected chi connectivity index (χ2v) is 4.64. The Morgan fingerprint density at radius 2 is 1.35 bits per heavy atom. The number of hydrogen-bond acceptors (Lipinski definition) is 0. The molecule has 0 unspecified atom stereocenters. The van der Waals surface area contributed by atoms with Crippen LogP contribution in [0.2, 0.25) is 0 Å². The maximum Gasteiger partial charge on any atom is 0.0255 e. The molecule has 3 rings (SSSR count). The van der Waals surface area contributed by atoms with E-state index in [2.05, 4.69) is 54.8 Å². The van der Waals surface area contributed by atoms with Crippen molar-refractivity contribution in [2.24, 2.45) is 0 Å². The first-order valence-electron chi connectivity index (χ1n) is 6.58. The lowest BCUT2D eigenvalue weighted by atomic mass is 10.1. The van der Waals surface area contributed by atoms with Crippen LogP contribution in [0.4, 0.5) is 0 Å². The highest BCUT2D eigenvalue weighted by Crippen LogP contribution is 2.15. The van der Waals surface area contributed by atoms with Crippen molar-refractivity contribution in [1.82, 2.24) is 0 Å². The highest BCUT2D eigenvalue weighted by Gasteiger charge is 1.93. The molecule has 0 aliphatic rings. The fourth-order valence-electron chi connectivity index (χ4n) is 2.11. The number of fused-ring (bicyclic) bond motifs is 1. The molecule has 0 bridgehead atoms. The van der Waals surface area contributed by atoms with Crippen LogP contribution >= 0.6 is 0 Å². The van der Waals surface area contributed by atoms with Gasteiger partial charge in [-0.05, 0) is 40.6 Å². The normalized spacial score (nSPS) is 9.80. The van der Waals surface area contributed by atoms with E-state index in [0.717, 1.165) is 16.7 Å². The fourth-order valence-corrected chi connectivity index (χ4v) is 2.11. The summed E-state index contributed by atoms with van der Waals surface area (Å²) in [6.45, 7) is 3.75. The van der Waals surface area contributed by atoms with Gasteiger partial charge in [0, 0.05) is 11.1 Å². The van der Waals surface area contributed by atoms with Crippen LogP contribution in [0.15, 0.2) is 73.3 Å². The molecule has 0 radical (unpaired) electrons. The first-order chi connectivity index (χ1) is 9.85. The van der Waals surface area contributed by atoms with Crippen LogP contribution in [0.25, 0.3) is 16.8 Å². The molecular formula is C20H14. The molecule has 3 aromatic rings. The van der Waals surface area contributed by atoms with Crippen molar-refractivity contribution in [3.8, 4) is 11.8 Å². The van der Waals surface area contributed by atoms with Gasteiger partial charge in [-0.1, -0.05) is 67.0 Å². The number of benzene rings is 3. The minimum absolute atomic E-state index is 1.02. The predicted molar refractivity (Wildman–Crippen MR) is 86.5 cm³/mol. The summed E-state index contributed by atoms with van der Waals surface area (Å²) in [5, 5.41) is 2.47. The van der Waals surface area contributed by atoms with E-state index in [9.17, 15) is 0 Å². The van der Waals surface area contributed by atoms with Gasteiger partial charge in [-0.3, -0.25) is 0 Å². The molecule has 20 heavy (non-hydrogen) atoms. The molecule has 0 aliphatic carbocycles. The summed E-state index contributed by atoms with van der Waals surface area (Å²) in [6, 6.07) is 22.7. The molecule has 3 aromatic carbocycles. The molecule has 0 nitrogen and oxygen atoms in total. The topological polar surface area (TPSA) is 0 Å². The van der Waals surface area contributed by atoms with Gasteiger partial charge in [-0.2, -0.15) is 0 Å². The molecule has 94 valence electrons. The maximum atomic E-state index is 3.75. The summed E-state index contributed by atoms with van der Waals surface area (Å²) >= 11 is 0. The molecule has 0 heterocycles. The Morgan fingerprint density at radius 1 is 0.700 bits per heavy atom. The summed E-state index contributed by atoms with van der Waals surface area (Å²) in [5.74, 6) is 6.41. The fraction of sp³-hybridized carbons (Fsp3) is 0. The zero-order valence-electron chi connectivity index (χ0n) is 11.1. The zero-order chi connectivity index (χ0) is 13.8. The van der Waals surface area contributed by atoms with E-state index in [1.807, 2.05) is 36.4 Å². The van der Waals surface area contributed by atoms with Gasteiger partial charge in [-0.15, -0.1) is 0 Å². The SMILES string of the molecule is C=Cc1ccc(C#Cc2ccc3ccccc3c2)cc1. The Labute approximate surface area is 119 Å². The van der Waals surface area contributed by atoms with Crippen LogP contribution < -0.4 is 0 Å². The molecule has 0 saturated carbocycles. The monoisotopic (exact) mass is 254 g/mol. The standard InChI is InChI=1S/C20H14/c1-2-16-7-9-17(10-8-16)11-12-18-13-14-19-5-3-4-6-20(19)15-18/h2-10,13-15H,1H2. The largest absolute Gasteiger partial charge is 0.0985 e. The average molecular weight is 254 g/mol. The van der Waals surface area contributed by atoms with Gasteiger partial charge in [-0.25, -0.2) is 0 Å². The van der Waals surface area contributed by atoms with Crippen LogP contribution in [0.3, 0.4) is 0 Å². The second kappa shape index (κ2) is 5.47. The Bertz CT molecular complexity index is 812. The van der Waals surface area contributed by atoms with Crippen LogP contribution in [0.1, 0.15) is 16.7 Å². The summed E-state index contributed by atoms with van der Waals surface area (Å²) < 4.78 is 0. The third kappa shape index (κ3) is 2.63. The first-order valence-corrected chi connectivity index (χ1v) is 6.58. The van der Waals surface area contributed by atoms with E-state index < -0.39 is 0 Å². The lowest BCUT2D eigenvalue weighted by molar-refractivity contribution is 1.61. The van der Waals surface area contributed by atoms with Gasteiger partial charge in [0.15, 0.2) is 0 Å². The third-order valence-electron chi connectivity index (χ3n) is 3.25. The third-order valence-corrected chi connectivity index (χ3v) is 3.25. The highest BCUT2D eigenvalue weighted by molar-refractivity contribution is 5.83. The lowest BCUT2D eigenvalue weighted by Gasteiger charge is -1.97. The van der Waals surface area contributed by atoms with E-state index in [4.69, 9.17) is 0 Å². The Morgan fingerprint density at radius 3 is 2.10 bits per heavy atom. The average Bonchev–Trinajstić information content (AvgIpc) is 2.53. The van der Waals surface area contributed by atoms with Gasteiger partial charge in [0.2, 0.25) is 0 Å². The van der Waals surface area contributed by atoms with Gasteiger partial charge >= 0.3 is 0 Å².